The zero-order valence-electron chi connectivity index (χ0n) is 10.8. The van der Waals surface area contributed by atoms with Gasteiger partial charge >= 0.3 is 5.97 Å². The quantitative estimate of drug-likeness (QED) is 0.898. The molecule has 1 aromatic carbocycles. The predicted octanol–water partition coefficient (Wildman–Crippen LogP) is 2.79. The summed E-state index contributed by atoms with van der Waals surface area (Å²) in [5.74, 6) is 2.52. The molecule has 1 N–H and O–H groups in total. The van der Waals surface area contributed by atoms with Crippen molar-refractivity contribution in [3.63, 3.8) is 0 Å². The van der Waals surface area contributed by atoms with Crippen LogP contribution >= 0.6 is 0 Å². The van der Waals surface area contributed by atoms with Gasteiger partial charge in [-0.2, -0.15) is 0 Å². The third kappa shape index (κ3) is 1.46. The topological polar surface area (TPSA) is 55.1 Å². The zero-order chi connectivity index (χ0) is 13.1. The van der Waals surface area contributed by atoms with Crippen molar-refractivity contribution in [2.24, 2.45) is 18.9 Å². The third-order valence-electron chi connectivity index (χ3n) is 4.87. The molecule has 2 aliphatic carbocycles. The number of carboxylic acid groups (broad SMARTS) is 1. The summed E-state index contributed by atoms with van der Waals surface area (Å²) in [6.07, 6.45) is 4.02. The van der Waals surface area contributed by atoms with E-state index in [2.05, 4.69) is 4.57 Å². The molecular weight excluding hydrogens is 240 g/mol. The lowest BCUT2D eigenvalue weighted by Crippen LogP contribution is -1.99. The van der Waals surface area contributed by atoms with E-state index in [1.54, 1.807) is 12.1 Å². The van der Waals surface area contributed by atoms with Gasteiger partial charge in [0.15, 0.2) is 0 Å². The lowest BCUT2D eigenvalue weighted by atomic mass is 10.1. The lowest BCUT2D eigenvalue weighted by molar-refractivity contribution is 0.0697. The second-order valence-corrected chi connectivity index (χ2v) is 5.82. The van der Waals surface area contributed by atoms with Crippen molar-refractivity contribution in [3.05, 3.63) is 29.6 Å². The molecule has 0 aliphatic heterocycles. The van der Waals surface area contributed by atoms with E-state index < -0.39 is 5.97 Å². The second kappa shape index (κ2) is 3.59. The van der Waals surface area contributed by atoms with Crippen LogP contribution in [-0.2, 0) is 7.05 Å². The van der Waals surface area contributed by atoms with E-state index in [-0.39, 0.29) is 0 Å². The molecule has 2 aliphatic rings. The Balaban J connectivity index is 1.80. The van der Waals surface area contributed by atoms with Crippen molar-refractivity contribution >= 4 is 17.0 Å². The first-order valence-electron chi connectivity index (χ1n) is 6.86. The van der Waals surface area contributed by atoms with Gasteiger partial charge in [0.05, 0.1) is 16.6 Å². The fraction of sp³-hybridized carbons (Fsp3) is 0.467. The fourth-order valence-corrected chi connectivity index (χ4v) is 3.85. The van der Waals surface area contributed by atoms with Gasteiger partial charge in [-0.15, -0.1) is 0 Å². The maximum absolute atomic E-state index is 11.0. The Morgan fingerprint density at radius 3 is 2.79 bits per heavy atom. The first-order valence-corrected chi connectivity index (χ1v) is 6.86. The Bertz CT molecular complexity index is 679. The van der Waals surface area contributed by atoms with Crippen LogP contribution in [0.5, 0.6) is 0 Å². The van der Waals surface area contributed by atoms with Crippen LogP contribution in [0.25, 0.3) is 11.0 Å². The van der Waals surface area contributed by atoms with Gasteiger partial charge < -0.3 is 9.67 Å². The van der Waals surface area contributed by atoms with Gasteiger partial charge in [0, 0.05) is 13.0 Å². The number of hydrogen-bond donors (Lipinski definition) is 1. The average molecular weight is 256 g/mol. The monoisotopic (exact) mass is 256 g/mol. The summed E-state index contributed by atoms with van der Waals surface area (Å²) < 4.78 is 2.14. The van der Waals surface area contributed by atoms with E-state index in [4.69, 9.17) is 10.1 Å². The van der Waals surface area contributed by atoms with Crippen molar-refractivity contribution in [1.29, 1.82) is 0 Å². The summed E-state index contributed by atoms with van der Waals surface area (Å²) in [6.45, 7) is 0. The minimum absolute atomic E-state index is 0.313. The molecule has 2 saturated carbocycles. The van der Waals surface area contributed by atoms with Crippen molar-refractivity contribution in [2.75, 3.05) is 0 Å². The van der Waals surface area contributed by atoms with E-state index in [1.807, 2.05) is 13.1 Å². The molecule has 4 heteroatoms. The number of nitrogens with zero attached hydrogens (tertiary/aromatic N) is 2. The Morgan fingerprint density at radius 2 is 2.11 bits per heavy atom. The molecule has 0 saturated heterocycles. The first-order chi connectivity index (χ1) is 9.16. The van der Waals surface area contributed by atoms with E-state index in [9.17, 15) is 4.79 Å². The molecule has 2 unspecified atom stereocenters. The van der Waals surface area contributed by atoms with Crippen molar-refractivity contribution < 1.29 is 9.90 Å². The minimum atomic E-state index is -0.891. The summed E-state index contributed by atoms with van der Waals surface area (Å²) in [4.78, 5) is 15.7. The van der Waals surface area contributed by atoms with Gasteiger partial charge in [-0.1, -0.05) is 6.42 Å². The molecule has 1 aromatic heterocycles. The summed E-state index contributed by atoms with van der Waals surface area (Å²) in [5, 5.41) is 9.04. The SMILES string of the molecule is Cn1c(C2C3CCCC32)nc2cc(C(=O)O)ccc21. The summed E-state index contributed by atoms with van der Waals surface area (Å²) >= 11 is 0. The van der Waals surface area contributed by atoms with Crippen molar-refractivity contribution in [2.45, 2.75) is 25.2 Å². The Hall–Kier alpha value is -1.84. The van der Waals surface area contributed by atoms with Gasteiger partial charge in [0.1, 0.15) is 5.82 Å². The molecule has 0 amide bonds. The number of aromatic carboxylic acids is 1. The molecule has 0 spiro atoms. The average Bonchev–Trinajstić information content (AvgIpc) is 2.75. The van der Waals surface area contributed by atoms with Crippen molar-refractivity contribution in [1.82, 2.24) is 9.55 Å². The normalized spacial score (nSPS) is 28.6. The van der Waals surface area contributed by atoms with Gasteiger partial charge in [-0.05, 0) is 42.9 Å². The van der Waals surface area contributed by atoms with Crippen molar-refractivity contribution in [3.8, 4) is 0 Å². The molecule has 4 rings (SSSR count). The van der Waals surface area contributed by atoms with Crippen LogP contribution in [0.4, 0.5) is 0 Å². The van der Waals surface area contributed by atoms with Crippen LogP contribution in [0.2, 0.25) is 0 Å². The highest BCUT2D eigenvalue weighted by Crippen LogP contribution is 2.62. The number of rotatable bonds is 2. The fourth-order valence-electron chi connectivity index (χ4n) is 3.85. The molecular formula is C15H16N2O2. The standard InChI is InChI=1S/C15H16N2O2/c1-17-12-6-5-8(15(18)19)7-11(12)16-14(17)13-9-3-2-4-10(9)13/h5-7,9-10,13H,2-4H2,1H3,(H,18,19). The first kappa shape index (κ1) is 11.0. The molecule has 1 heterocycles. The highest BCUT2D eigenvalue weighted by atomic mass is 16.4. The van der Waals surface area contributed by atoms with E-state index in [0.29, 0.717) is 11.5 Å². The smallest absolute Gasteiger partial charge is 0.335 e. The highest BCUT2D eigenvalue weighted by Gasteiger charge is 2.55. The number of aromatic nitrogens is 2. The van der Waals surface area contributed by atoms with Crippen LogP contribution in [-0.4, -0.2) is 20.6 Å². The number of aryl methyl sites for hydroxylation is 1. The largest absolute Gasteiger partial charge is 0.478 e. The third-order valence-corrected chi connectivity index (χ3v) is 4.87. The number of hydrogen-bond acceptors (Lipinski definition) is 2. The maximum Gasteiger partial charge on any atom is 0.335 e. The van der Waals surface area contributed by atoms with Gasteiger partial charge in [-0.3, -0.25) is 0 Å². The molecule has 2 aromatic rings. The Labute approximate surface area is 111 Å². The molecule has 2 fully saturated rings. The molecule has 19 heavy (non-hydrogen) atoms. The Morgan fingerprint density at radius 1 is 1.37 bits per heavy atom. The number of carboxylic acids is 1. The van der Waals surface area contributed by atoms with Crippen LogP contribution < -0.4 is 0 Å². The van der Waals surface area contributed by atoms with E-state index in [1.165, 1.54) is 19.3 Å². The predicted molar refractivity (Wildman–Crippen MR) is 71.2 cm³/mol. The van der Waals surface area contributed by atoms with E-state index in [0.717, 1.165) is 28.7 Å². The molecule has 2 atom stereocenters. The van der Waals surface area contributed by atoms with Crippen LogP contribution in [0.15, 0.2) is 18.2 Å². The van der Waals surface area contributed by atoms with Crippen LogP contribution in [0, 0.1) is 11.8 Å². The number of carbonyl (C=O) groups is 1. The van der Waals surface area contributed by atoms with Gasteiger partial charge in [0.2, 0.25) is 0 Å². The maximum atomic E-state index is 11.0. The van der Waals surface area contributed by atoms with Crippen LogP contribution in [0.1, 0.15) is 41.4 Å². The summed E-state index contributed by atoms with van der Waals surface area (Å²) in [6, 6.07) is 5.20. The molecule has 0 radical (unpaired) electrons. The molecule has 98 valence electrons. The number of imidazole rings is 1. The van der Waals surface area contributed by atoms with Gasteiger partial charge in [0.25, 0.3) is 0 Å². The second-order valence-electron chi connectivity index (χ2n) is 5.82. The number of benzene rings is 1. The summed E-state index contributed by atoms with van der Waals surface area (Å²) in [5.41, 5.74) is 2.15. The highest BCUT2D eigenvalue weighted by molar-refractivity contribution is 5.92. The molecule has 4 nitrogen and oxygen atoms in total. The van der Waals surface area contributed by atoms with Crippen LogP contribution in [0.3, 0.4) is 0 Å². The number of fused-ring (bicyclic) bond motifs is 2. The lowest BCUT2D eigenvalue weighted by Gasteiger charge is -2.03. The Kier molecular flexibility index (Phi) is 2.08. The minimum Gasteiger partial charge on any atom is -0.478 e. The van der Waals surface area contributed by atoms with E-state index >= 15 is 0 Å². The zero-order valence-corrected chi connectivity index (χ0v) is 10.8. The molecule has 0 bridgehead atoms. The van der Waals surface area contributed by atoms with Gasteiger partial charge in [-0.25, -0.2) is 9.78 Å². The summed E-state index contributed by atoms with van der Waals surface area (Å²) in [7, 11) is 2.04.